The highest BCUT2D eigenvalue weighted by atomic mass is 32.1. The molecule has 0 saturated heterocycles. The highest BCUT2D eigenvalue weighted by molar-refractivity contribution is 7.07. The van der Waals surface area contributed by atoms with Gasteiger partial charge in [-0.05, 0) is 24.6 Å². The van der Waals surface area contributed by atoms with Crippen LogP contribution in [0.3, 0.4) is 0 Å². The van der Waals surface area contributed by atoms with Gasteiger partial charge in [0.2, 0.25) is 0 Å². The predicted molar refractivity (Wildman–Crippen MR) is 69.8 cm³/mol. The Hall–Kier alpha value is -2.06. The van der Waals surface area contributed by atoms with E-state index in [1.165, 1.54) is 11.3 Å². The summed E-state index contributed by atoms with van der Waals surface area (Å²) in [5.41, 5.74) is 0.585. The Morgan fingerprint density at radius 2 is 2.33 bits per heavy atom. The minimum atomic E-state index is 0.0569. The summed E-state index contributed by atoms with van der Waals surface area (Å²) in [6.45, 7) is 1.18. The summed E-state index contributed by atoms with van der Waals surface area (Å²) in [4.78, 5) is 11.3. The van der Waals surface area contributed by atoms with E-state index in [0.717, 1.165) is 6.42 Å². The van der Waals surface area contributed by atoms with E-state index in [4.69, 9.17) is 10.00 Å². The SMILES string of the molecule is N#Cc1cccc(OCCCn2ccsc2=O)c1. The van der Waals surface area contributed by atoms with Crippen LogP contribution >= 0.6 is 11.3 Å². The van der Waals surface area contributed by atoms with Crippen molar-refractivity contribution in [3.8, 4) is 11.8 Å². The quantitative estimate of drug-likeness (QED) is 0.775. The van der Waals surface area contributed by atoms with Gasteiger partial charge in [0, 0.05) is 18.1 Å². The van der Waals surface area contributed by atoms with Crippen LogP contribution < -0.4 is 9.61 Å². The van der Waals surface area contributed by atoms with Crippen LogP contribution in [-0.2, 0) is 6.54 Å². The molecule has 4 nitrogen and oxygen atoms in total. The molecular weight excluding hydrogens is 248 g/mol. The first kappa shape index (κ1) is 12.4. The van der Waals surface area contributed by atoms with Crippen molar-refractivity contribution < 1.29 is 4.74 Å². The summed E-state index contributed by atoms with van der Waals surface area (Å²) in [6.07, 6.45) is 2.54. The molecule has 1 heterocycles. The van der Waals surface area contributed by atoms with Crippen molar-refractivity contribution in [2.75, 3.05) is 6.61 Å². The lowest BCUT2D eigenvalue weighted by molar-refractivity contribution is 0.301. The fourth-order valence-corrected chi connectivity index (χ4v) is 2.15. The molecule has 0 bridgehead atoms. The molecule has 18 heavy (non-hydrogen) atoms. The number of rotatable bonds is 5. The van der Waals surface area contributed by atoms with Crippen molar-refractivity contribution in [3.63, 3.8) is 0 Å². The van der Waals surface area contributed by atoms with Crippen LogP contribution in [0.15, 0.2) is 40.6 Å². The highest BCUT2D eigenvalue weighted by Gasteiger charge is 1.98. The van der Waals surface area contributed by atoms with E-state index < -0.39 is 0 Å². The third-order valence-corrected chi connectivity index (χ3v) is 3.11. The van der Waals surface area contributed by atoms with Crippen LogP contribution in [0.5, 0.6) is 5.75 Å². The van der Waals surface area contributed by atoms with Crippen LogP contribution in [0, 0.1) is 11.3 Å². The number of aromatic nitrogens is 1. The number of hydrogen-bond acceptors (Lipinski definition) is 4. The molecule has 0 aliphatic carbocycles. The zero-order valence-electron chi connectivity index (χ0n) is 9.70. The molecule has 92 valence electrons. The monoisotopic (exact) mass is 260 g/mol. The van der Waals surface area contributed by atoms with Gasteiger partial charge in [-0.3, -0.25) is 4.79 Å². The minimum Gasteiger partial charge on any atom is -0.493 e. The Morgan fingerprint density at radius 3 is 3.06 bits per heavy atom. The second kappa shape index (κ2) is 6.03. The molecule has 0 N–H and O–H groups in total. The maximum atomic E-state index is 11.3. The molecule has 0 aliphatic rings. The van der Waals surface area contributed by atoms with E-state index in [0.29, 0.717) is 24.5 Å². The molecule has 2 aromatic rings. The third-order valence-electron chi connectivity index (χ3n) is 2.42. The van der Waals surface area contributed by atoms with Crippen LogP contribution in [0.25, 0.3) is 0 Å². The Labute approximate surface area is 109 Å². The predicted octanol–water partition coefficient (Wildman–Crippen LogP) is 2.25. The highest BCUT2D eigenvalue weighted by Crippen LogP contribution is 2.12. The molecule has 1 aromatic carbocycles. The number of thiazole rings is 1. The lowest BCUT2D eigenvalue weighted by Gasteiger charge is -2.06. The van der Waals surface area contributed by atoms with E-state index >= 15 is 0 Å². The van der Waals surface area contributed by atoms with E-state index in [1.54, 1.807) is 34.3 Å². The summed E-state index contributed by atoms with van der Waals surface area (Å²) < 4.78 is 7.19. The third kappa shape index (κ3) is 3.22. The van der Waals surface area contributed by atoms with E-state index in [2.05, 4.69) is 6.07 Å². The normalized spacial score (nSPS) is 9.94. The molecule has 0 spiro atoms. The first-order valence-electron chi connectivity index (χ1n) is 5.56. The largest absolute Gasteiger partial charge is 0.493 e. The van der Waals surface area contributed by atoms with Crippen molar-refractivity contribution in [2.45, 2.75) is 13.0 Å². The van der Waals surface area contributed by atoms with Crippen LogP contribution in [-0.4, -0.2) is 11.2 Å². The minimum absolute atomic E-state index is 0.0569. The van der Waals surface area contributed by atoms with Gasteiger partial charge in [0.05, 0.1) is 18.2 Å². The van der Waals surface area contributed by atoms with Gasteiger partial charge >= 0.3 is 4.87 Å². The number of benzene rings is 1. The molecule has 5 heteroatoms. The van der Waals surface area contributed by atoms with E-state index in [1.807, 2.05) is 6.07 Å². The zero-order chi connectivity index (χ0) is 12.8. The van der Waals surface area contributed by atoms with Crippen LogP contribution in [0.1, 0.15) is 12.0 Å². The second-order valence-corrected chi connectivity index (χ2v) is 4.56. The maximum Gasteiger partial charge on any atom is 0.307 e. The Bertz CT molecular complexity index is 610. The molecule has 0 fully saturated rings. The summed E-state index contributed by atoms with van der Waals surface area (Å²) in [6, 6.07) is 9.11. The van der Waals surface area contributed by atoms with Crippen molar-refractivity contribution in [1.29, 1.82) is 5.26 Å². The average Bonchev–Trinajstić information content (AvgIpc) is 2.81. The number of ether oxygens (including phenoxy) is 1. The molecule has 0 radical (unpaired) electrons. The van der Waals surface area contributed by atoms with E-state index in [-0.39, 0.29) is 4.87 Å². The number of aryl methyl sites for hydroxylation is 1. The molecular formula is C13H12N2O2S. The van der Waals surface area contributed by atoms with Crippen LogP contribution in [0.2, 0.25) is 0 Å². The number of nitriles is 1. The second-order valence-electron chi connectivity index (χ2n) is 3.70. The number of hydrogen-bond donors (Lipinski definition) is 0. The topological polar surface area (TPSA) is 55.0 Å². The van der Waals surface area contributed by atoms with Gasteiger partial charge in [-0.2, -0.15) is 5.26 Å². The van der Waals surface area contributed by atoms with Crippen molar-refractivity contribution >= 4 is 11.3 Å². The van der Waals surface area contributed by atoms with Gasteiger partial charge in [-0.25, -0.2) is 0 Å². The Morgan fingerprint density at radius 1 is 1.44 bits per heavy atom. The van der Waals surface area contributed by atoms with E-state index in [9.17, 15) is 4.79 Å². The fourth-order valence-electron chi connectivity index (χ4n) is 1.54. The Balaban J connectivity index is 1.80. The summed E-state index contributed by atoms with van der Waals surface area (Å²) in [7, 11) is 0. The Kier molecular flexibility index (Phi) is 4.15. The summed E-state index contributed by atoms with van der Waals surface area (Å²) in [5.74, 6) is 0.687. The van der Waals surface area contributed by atoms with Gasteiger partial charge in [0.15, 0.2) is 0 Å². The molecule has 1 aromatic heterocycles. The molecule has 0 unspecified atom stereocenters. The van der Waals surface area contributed by atoms with Gasteiger partial charge in [0.25, 0.3) is 0 Å². The van der Waals surface area contributed by atoms with Gasteiger partial charge < -0.3 is 9.30 Å². The van der Waals surface area contributed by atoms with Gasteiger partial charge in [0.1, 0.15) is 5.75 Å². The maximum absolute atomic E-state index is 11.3. The summed E-state index contributed by atoms with van der Waals surface area (Å²) in [5, 5.41) is 10.5. The molecule has 0 amide bonds. The smallest absolute Gasteiger partial charge is 0.307 e. The zero-order valence-corrected chi connectivity index (χ0v) is 10.5. The lowest BCUT2D eigenvalue weighted by Crippen LogP contribution is -2.13. The first-order valence-corrected chi connectivity index (χ1v) is 6.44. The standard InChI is InChI=1S/C13H12N2O2S/c14-10-11-3-1-4-12(9-11)17-7-2-5-15-6-8-18-13(15)16/h1,3-4,6,8-9H,2,5,7H2. The molecule has 2 rings (SSSR count). The molecule has 0 aliphatic heterocycles. The van der Waals surface area contributed by atoms with Crippen LogP contribution in [0.4, 0.5) is 0 Å². The average molecular weight is 260 g/mol. The molecule has 0 atom stereocenters. The molecule has 0 saturated carbocycles. The van der Waals surface area contributed by atoms with Gasteiger partial charge in [-0.15, -0.1) is 0 Å². The summed E-state index contributed by atoms with van der Waals surface area (Å²) >= 11 is 1.19. The van der Waals surface area contributed by atoms with Crippen molar-refractivity contribution in [2.24, 2.45) is 0 Å². The fraction of sp³-hybridized carbons (Fsp3) is 0.231. The van der Waals surface area contributed by atoms with Gasteiger partial charge in [-0.1, -0.05) is 17.4 Å². The van der Waals surface area contributed by atoms with Crippen molar-refractivity contribution in [3.05, 3.63) is 51.1 Å². The van der Waals surface area contributed by atoms with Crippen molar-refractivity contribution in [1.82, 2.24) is 4.57 Å². The first-order chi connectivity index (χ1) is 8.79. The lowest BCUT2D eigenvalue weighted by atomic mass is 10.2. The number of nitrogens with zero attached hydrogens (tertiary/aromatic N) is 2.